The minimum Gasteiger partial charge on any atom is -0.217 e. The van der Waals surface area contributed by atoms with Gasteiger partial charge >= 0.3 is 0 Å². The number of aryl methyl sites for hydroxylation is 1. The van der Waals surface area contributed by atoms with E-state index in [4.69, 9.17) is 0 Å². The van der Waals surface area contributed by atoms with Gasteiger partial charge < -0.3 is 0 Å². The number of benzene rings is 2. The molecular formula is C18H15FN4O2S2. The summed E-state index contributed by atoms with van der Waals surface area (Å²) in [6.45, 7) is 1.84. The SMILES string of the molecule is Cc1nn2c(CNS(=O)(=O)c3cccc(F)c3)c(-c3ccccc3)nc2s1. The summed E-state index contributed by atoms with van der Waals surface area (Å²) >= 11 is 1.43. The highest BCUT2D eigenvalue weighted by molar-refractivity contribution is 7.89. The molecule has 1 N–H and O–H groups in total. The first kappa shape index (κ1) is 17.8. The normalized spacial score (nSPS) is 11.9. The van der Waals surface area contributed by atoms with E-state index in [1.165, 1.54) is 29.5 Å². The number of hydrogen-bond donors (Lipinski definition) is 1. The highest BCUT2D eigenvalue weighted by atomic mass is 32.2. The van der Waals surface area contributed by atoms with Gasteiger partial charge in [0.25, 0.3) is 0 Å². The van der Waals surface area contributed by atoms with Crippen molar-refractivity contribution in [1.29, 1.82) is 0 Å². The van der Waals surface area contributed by atoms with Gasteiger partial charge in [-0.3, -0.25) is 0 Å². The Labute approximate surface area is 159 Å². The Morgan fingerprint density at radius 2 is 1.93 bits per heavy atom. The molecule has 0 radical (unpaired) electrons. The highest BCUT2D eigenvalue weighted by Crippen LogP contribution is 2.27. The van der Waals surface area contributed by atoms with Crippen LogP contribution in [0.15, 0.2) is 59.5 Å². The van der Waals surface area contributed by atoms with Crippen molar-refractivity contribution in [2.45, 2.75) is 18.4 Å². The largest absolute Gasteiger partial charge is 0.241 e. The van der Waals surface area contributed by atoms with Gasteiger partial charge in [0.15, 0.2) is 0 Å². The minimum absolute atomic E-state index is 0.0204. The van der Waals surface area contributed by atoms with E-state index in [2.05, 4.69) is 14.8 Å². The van der Waals surface area contributed by atoms with E-state index in [1.54, 1.807) is 4.52 Å². The lowest BCUT2D eigenvalue weighted by Gasteiger charge is -2.08. The van der Waals surface area contributed by atoms with Gasteiger partial charge in [0, 0.05) is 5.56 Å². The Bertz CT molecular complexity index is 1220. The zero-order valence-electron chi connectivity index (χ0n) is 14.3. The van der Waals surface area contributed by atoms with E-state index in [0.717, 1.165) is 16.6 Å². The number of aromatic nitrogens is 3. The van der Waals surface area contributed by atoms with Crippen LogP contribution in [0.1, 0.15) is 10.7 Å². The maximum absolute atomic E-state index is 13.4. The van der Waals surface area contributed by atoms with Crippen LogP contribution in [0.5, 0.6) is 0 Å². The Morgan fingerprint density at radius 1 is 1.15 bits per heavy atom. The third-order valence-corrected chi connectivity index (χ3v) is 6.20. The number of fused-ring (bicyclic) bond motifs is 1. The number of imidazole rings is 1. The molecule has 9 heteroatoms. The molecule has 0 saturated carbocycles. The van der Waals surface area contributed by atoms with Crippen LogP contribution >= 0.6 is 11.3 Å². The number of nitrogens with zero attached hydrogens (tertiary/aromatic N) is 3. The van der Waals surface area contributed by atoms with Crippen LogP contribution in [0, 0.1) is 12.7 Å². The molecule has 27 heavy (non-hydrogen) atoms. The van der Waals surface area contributed by atoms with Gasteiger partial charge in [0.2, 0.25) is 15.0 Å². The monoisotopic (exact) mass is 402 g/mol. The third kappa shape index (κ3) is 3.48. The van der Waals surface area contributed by atoms with Gasteiger partial charge in [-0.05, 0) is 25.1 Å². The van der Waals surface area contributed by atoms with Crippen LogP contribution in [0.4, 0.5) is 4.39 Å². The van der Waals surface area contributed by atoms with E-state index in [9.17, 15) is 12.8 Å². The number of halogens is 1. The molecule has 6 nitrogen and oxygen atoms in total. The topological polar surface area (TPSA) is 76.4 Å². The fourth-order valence-corrected chi connectivity index (χ4v) is 4.53. The van der Waals surface area contributed by atoms with Gasteiger partial charge in [-0.15, -0.1) is 0 Å². The van der Waals surface area contributed by atoms with Gasteiger partial charge in [-0.2, -0.15) is 5.10 Å². The zero-order chi connectivity index (χ0) is 19.0. The molecule has 2 aromatic heterocycles. The molecule has 138 valence electrons. The zero-order valence-corrected chi connectivity index (χ0v) is 15.9. The van der Waals surface area contributed by atoms with Gasteiger partial charge in [-0.25, -0.2) is 27.0 Å². The smallest absolute Gasteiger partial charge is 0.217 e. The van der Waals surface area contributed by atoms with E-state index in [1.807, 2.05) is 37.3 Å². The molecule has 2 aromatic carbocycles. The number of nitrogens with one attached hydrogen (secondary N) is 1. The summed E-state index contributed by atoms with van der Waals surface area (Å²) < 4.78 is 42.7. The molecule has 4 rings (SSSR count). The summed E-state index contributed by atoms with van der Waals surface area (Å²) in [6, 6.07) is 14.4. The van der Waals surface area contributed by atoms with E-state index in [-0.39, 0.29) is 11.4 Å². The predicted molar refractivity (Wildman–Crippen MR) is 101 cm³/mol. The molecule has 0 aliphatic heterocycles. The maximum Gasteiger partial charge on any atom is 0.241 e. The molecule has 0 unspecified atom stereocenters. The van der Waals surface area contributed by atoms with Gasteiger partial charge in [-0.1, -0.05) is 47.7 Å². The van der Waals surface area contributed by atoms with Crippen molar-refractivity contribution in [3.05, 3.63) is 71.1 Å². The Balaban J connectivity index is 1.73. The molecule has 0 aliphatic carbocycles. The summed E-state index contributed by atoms with van der Waals surface area (Å²) in [7, 11) is -3.88. The Kier molecular flexibility index (Phi) is 4.50. The second-order valence-corrected chi connectivity index (χ2v) is 8.80. The Morgan fingerprint density at radius 3 is 2.67 bits per heavy atom. The Hall–Kier alpha value is -2.62. The standard InChI is InChI=1S/C18H15FN4O2S2/c1-12-22-23-16(11-20-27(24,25)15-9-5-8-14(19)10-15)17(21-18(23)26-12)13-6-3-2-4-7-13/h2-10,20H,11H2,1H3. The predicted octanol–water partition coefficient (Wildman–Crippen LogP) is 3.38. The van der Waals surface area contributed by atoms with E-state index in [0.29, 0.717) is 16.3 Å². The summed E-state index contributed by atoms with van der Waals surface area (Å²) in [6.07, 6.45) is 0. The average Bonchev–Trinajstić information content (AvgIpc) is 3.17. The first-order chi connectivity index (χ1) is 12.9. The van der Waals surface area contributed by atoms with Crippen LogP contribution in [-0.2, 0) is 16.6 Å². The van der Waals surface area contributed by atoms with E-state index < -0.39 is 15.8 Å². The minimum atomic E-state index is -3.88. The second-order valence-electron chi connectivity index (χ2n) is 5.87. The summed E-state index contributed by atoms with van der Waals surface area (Å²) in [5.41, 5.74) is 2.16. The van der Waals surface area contributed by atoms with Crippen LogP contribution in [0.25, 0.3) is 16.2 Å². The van der Waals surface area contributed by atoms with Gasteiger partial charge in [0.1, 0.15) is 10.8 Å². The number of hydrogen-bond acceptors (Lipinski definition) is 5. The lowest BCUT2D eigenvalue weighted by Crippen LogP contribution is -2.24. The maximum atomic E-state index is 13.4. The van der Waals surface area contributed by atoms with E-state index >= 15 is 0 Å². The van der Waals surface area contributed by atoms with Crippen LogP contribution in [0.2, 0.25) is 0 Å². The average molecular weight is 402 g/mol. The lowest BCUT2D eigenvalue weighted by atomic mass is 10.1. The molecule has 0 fully saturated rings. The summed E-state index contributed by atoms with van der Waals surface area (Å²) in [4.78, 5) is 5.18. The quantitative estimate of drug-likeness (QED) is 0.555. The van der Waals surface area contributed by atoms with Crippen molar-refractivity contribution in [1.82, 2.24) is 19.3 Å². The van der Waals surface area contributed by atoms with Crippen LogP contribution in [-0.4, -0.2) is 23.0 Å². The molecule has 2 heterocycles. The van der Waals surface area contributed by atoms with Crippen molar-refractivity contribution in [3.8, 4) is 11.3 Å². The molecule has 4 aromatic rings. The molecule has 0 saturated heterocycles. The van der Waals surface area contributed by atoms with Crippen molar-refractivity contribution in [2.75, 3.05) is 0 Å². The van der Waals surface area contributed by atoms with Crippen molar-refractivity contribution >= 4 is 26.3 Å². The molecule has 0 spiro atoms. The van der Waals surface area contributed by atoms with Crippen LogP contribution < -0.4 is 4.72 Å². The summed E-state index contributed by atoms with van der Waals surface area (Å²) in [5.74, 6) is -0.607. The number of rotatable bonds is 5. The number of sulfonamides is 1. The fourth-order valence-electron chi connectivity index (χ4n) is 2.75. The van der Waals surface area contributed by atoms with Crippen molar-refractivity contribution in [3.63, 3.8) is 0 Å². The van der Waals surface area contributed by atoms with Crippen molar-refractivity contribution in [2.24, 2.45) is 0 Å². The highest BCUT2D eigenvalue weighted by Gasteiger charge is 2.20. The fraction of sp³-hybridized carbons (Fsp3) is 0.111. The lowest BCUT2D eigenvalue weighted by molar-refractivity contribution is 0.576. The second kappa shape index (κ2) is 6.84. The third-order valence-electron chi connectivity index (χ3n) is 3.98. The molecule has 0 bridgehead atoms. The molecule has 0 aliphatic rings. The molecule has 0 amide bonds. The molecular weight excluding hydrogens is 387 g/mol. The first-order valence-corrected chi connectivity index (χ1v) is 10.4. The van der Waals surface area contributed by atoms with Gasteiger partial charge in [0.05, 0.1) is 22.8 Å². The van der Waals surface area contributed by atoms with Crippen molar-refractivity contribution < 1.29 is 12.8 Å². The molecule has 0 atom stereocenters. The van der Waals surface area contributed by atoms with Crippen LogP contribution in [0.3, 0.4) is 0 Å². The first-order valence-electron chi connectivity index (χ1n) is 8.10. The summed E-state index contributed by atoms with van der Waals surface area (Å²) in [5, 5.41) is 5.25.